The summed E-state index contributed by atoms with van der Waals surface area (Å²) in [5.74, 6) is -11.4. The predicted molar refractivity (Wildman–Crippen MR) is 251 cm³/mol. The molecular weight excluding hydrogens is 903 g/mol. The number of benzene rings is 1. The van der Waals surface area contributed by atoms with E-state index in [-0.39, 0.29) is 36.8 Å². The number of aliphatic carboxylic acids is 2. The van der Waals surface area contributed by atoms with Crippen LogP contribution in [0.1, 0.15) is 100 Å². The molecule has 388 valence electrons. The van der Waals surface area contributed by atoms with Crippen LogP contribution < -0.4 is 48.3 Å². The molecule has 0 radical (unpaired) electrons. The van der Waals surface area contributed by atoms with Crippen molar-refractivity contribution >= 4 is 59.2 Å². The second kappa shape index (κ2) is 29.5. The highest BCUT2D eigenvalue weighted by Crippen LogP contribution is 2.14. The number of aliphatic hydroxyl groups excluding tert-OH is 1. The summed E-state index contributed by atoms with van der Waals surface area (Å²) in [5, 5.41) is 58.1. The molecule has 0 aliphatic heterocycles. The lowest BCUT2D eigenvalue weighted by Gasteiger charge is -2.30. The van der Waals surface area contributed by atoms with E-state index >= 15 is 0 Å². The van der Waals surface area contributed by atoms with E-state index in [1.807, 2.05) is 13.8 Å². The molecule has 0 saturated carbocycles. The van der Waals surface area contributed by atoms with Crippen LogP contribution in [0.25, 0.3) is 0 Å². The van der Waals surface area contributed by atoms with Gasteiger partial charge in [-0.05, 0) is 73.0 Å². The van der Waals surface area contributed by atoms with Gasteiger partial charge in [-0.2, -0.15) is 0 Å². The molecule has 8 amide bonds. The van der Waals surface area contributed by atoms with Gasteiger partial charge in [-0.15, -0.1) is 0 Å². The zero-order chi connectivity index (χ0) is 52.9. The molecule has 1 rings (SSSR count). The number of nitrogens with one attached hydrogen (secondary N) is 8. The quantitative estimate of drug-likeness (QED) is 0.0430. The van der Waals surface area contributed by atoms with Gasteiger partial charge in [-0.25, -0.2) is 4.79 Å². The van der Waals surface area contributed by atoms with Crippen LogP contribution in [0.4, 0.5) is 0 Å². The number of carboxylic acid groups (broad SMARTS) is 2. The van der Waals surface area contributed by atoms with Crippen molar-refractivity contribution in [2.45, 2.75) is 150 Å². The molecule has 0 heterocycles. The lowest BCUT2D eigenvalue weighted by Crippen LogP contribution is -2.61. The average molecular weight is 978 g/mol. The summed E-state index contributed by atoms with van der Waals surface area (Å²) < 4.78 is 0. The Kier molecular flexibility index (Phi) is 25.9. The maximum absolute atomic E-state index is 13.9. The highest BCUT2D eigenvalue weighted by molar-refractivity contribution is 5.98. The fourth-order valence-electron chi connectivity index (χ4n) is 6.80. The lowest BCUT2D eigenvalue weighted by molar-refractivity contribution is -0.144. The predicted octanol–water partition coefficient (Wildman–Crippen LogP) is -1.23. The van der Waals surface area contributed by atoms with E-state index in [1.54, 1.807) is 67.5 Å². The molecule has 1 aromatic carbocycles. The van der Waals surface area contributed by atoms with Crippen molar-refractivity contribution in [3.63, 3.8) is 0 Å². The third-order valence-electron chi connectivity index (χ3n) is 10.7. The molecule has 69 heavy (non-hydrogen) atoms. The van der Waals surface area contributed by atoms with Crippen LogP contribution in [0.15, 0.2) is 24.3 Å². The van der Waals surface area contributed by atoms with Gasteiger partial charge in [-0.1, -0.05) is 81.4 Å². The van der Waals surface area contributed by atoms with Crippen molar-refractivity contribution < 1.29 is 68.4 Å². The number of carboxylic acids is 2. The largest absolute Gasteiger partial charge is 0.508 e. The fraction of sp³-hybridized carbons (Fsp3) is 0.652. The monoisotopic (exact) mass is 978 g/mol. The maximum atomic E-state index is 13.9. The van der Waals surface area contributed by atoms with Crippen molar-refractivity contribution in [1.29, 1.82) is 0 Å². The smallest absolute Gasteiger partial charge is 0.326 e. The summed E-state index contributed by atoms with van der Waals surface area (Å²) in [4.78, 5) is 130. The van der Waals surface area contributed by atoms with Crippen molar-refractivity contribution in [2.24, 2.45) is 35.3 Å². The van der Waals surface area contributed by atoms with Gasteiger partial charge in [0.2, 0.25) is 47.3 Å². The zero-order valence-corrected chi connectivity index (χ0v) is 41.2. The van der Waals surface area contributed by atoms with Gasteiger partial charge in [0, 0.05) is 6.42 Å². The maximum Gasteiger partial charge on any atom is 0.326 e. The molecule has 0 bridgehead atoms. The molecule has 1 aromatic rings. The number of aliphatic hydroxyl groups is 1. The molecule has 23 heteroatoms. The van der Waals surface area contributed by atoms with Crippen molar-refractivity contribution in [1.82, 2.24) is 42.5 Å². The number of nitrogens with two attached hydrogens (primary N) is 1. The van der Waals surface area contributed by atoms with Crippen LogP contribution in [0.3, 0.4) is 0 Å². The first-order chi connectivity index (χ1) is 32.1. The Morgan fingerprint density at radius 3 is 1.38 bits per heavy atom. The van der Waals surface area contributed by atoms with Gasteiger partial charge < -0.3 is 68.7 Å². The van der Waals surface area contributed by atoms with Gasteiger partial charge in [0.15, 0.2) is 0 Å². The van der Waals surface area contributed by atoms with Crippen LogP contribution in [0.2, 0.25) is 0 Å². The van der Waals surface area contributed by atoms with Gasteiger partial charge in [0.05, 0.1) is 19.2 Å². The highest BCUT2D eigenvalue weighted by Gasteiger charge is 2.36. The molecule has 0 fully saturated rings. The Morgan fingerprint density at radius 2 is 0.942 bits per heavy atom. The molecule has 23 nitrogen and oxygen atoms in total. The zero-order valence-electron chi connectivity index (χ0n) is 41.2. The Bertz CT molecular complexity index is 1930. The minimum Gasteiger partial charge on any atom is -0.508 e. The first-order valence-electron chi connectivity index (χ1n) is 23.1. The summed E-state index contributed by atoms with van der Waals surface area (Å²) in [7, 11) is 0. The Balaban J connectivity index is 3.17. The average Bonchev–Trinajstić information content (AvgIpc) is 3.25. The molecule has 0 aliphatic rings. The summed E-state index contributed by atoms with van der Waals surface area (Å²) in [6.45, 7) is 15.0. The number of hydrogen-bond acceptors (Lipinski definition) is 13. The van der Waals surface area contributed by atoms with E-state index in [9.17, 15) is 68.4 Å². The van der Waals surface area contributed by atoms with E-state index in [2.05, 4.69) is 42.5 Å². The number of hydrogen-bond donors (Lipinski definition) is 13. The molecule has 0 unspecified atom stereocenters. The van der Waals surface area contributed by atoms with E-state index in [0.717, 1.165) is 0 Å². The Hall–Kier alpha value is -6.36. The number of rotatable bonds is 30. The van der Waals surface area contributed by atoms with E-state index in [4.69, 9.17) is 5.73 Å². The number of phenols is 1. The number of phenolic OH excluding ortho intramolecular Hbond substituents is 1. The molecule has 14 N–H and O–H groups in total. The SMILES string of the molecule is CC(C)C[C@H](NC(=O)[C@@H](NC(=O)[C@H](CCC(=O)O)NC(=O)CNC(=O)[C@H](CC(C)C)NC(=O)[C@@H](N)Cc1ccc(O)cc1)C(C)C)C(=O)N[C@H](C(=O)N[C@@H](CO)C(=O)N[C@H](C(=O)O)C(C)C)C(C)C. The number of carbonyl (C=O) groups excluding carboxylic acids is 8. The number of carbonyl (C=O) groups is 10. The first kappa shape index (κ1) is 60.7. The highest BCUT2D eigenvalue weighted by atomic mass is 16.4. The number of aromatic hydroxyl groups is 1. The van der Waals surface area contributed by atoms with Crippen molar-refractivity contribution in [2.75, 3.05) is 13.2 Å². The topological polar surface area (TPSA) is 374 Å². The van der Waals surface area contributed by atoms with Crippen LogP contribution >= 0.6 is 0 Å². The van der Waals surface area contributed by atoms with Gasteiger partial charge >= 0.3 is 11.9 Å². The molecule has 8 atom stereocenters. The third kappa shape index (κ3) is 22.1. The van der Waals surface area contributed by atoms with Gasteiger partial charge in [0.25, 0.3) is 0 Å². The minimum atomic E-state index is -1.57. The van der Waals surface area contributed by atoms with Crippen LogP contribution in [-0.4, -0.2) is 141 Å². The van der Waals surface area contributed by atoms with Gasteiger partial charge in [0.1, 0.15) is 48.0 Å². The Morgan fingerprint density at radius 1 is 0.522 bits per heavy atom. The normalized spacial score (nSPS) is 14.9. The Labute approximate surface area is 403 Å². The fourth-order valence-corrected chi connectivity index (χ4v) is 6.80. The summed E-state index contributed by atoms with van der Waals surface area (Å²) in [6, 6.07) is -4.43. The van der Waals surface area contributed by atoms with E-state index < -0.39 is 151 Å². The second-order valence-corrected chi connectivity index (χ2v) is 18.9. The number of amides is 8. The standard InChI is InChI=1S/C46H75N9O14/c1-22(2)17-31(50-39(61)29(47)19-27-11-13-28(57)14-12-27)40(62)48-20-34(58)49-30(15-16-35(59)60)41(63)53-36(24(5)6)44(66)51-32(18-23(3)4)42(64)54-37(25(7)8)45(67)52-33(21-56)43(65)55-38(26(9)10)46(68)69/h11-14,22-26,29-33,36-38,56-57H,15-21,47H2,1-10H3,(H,48,62)(H,49,58)(H,50,61)(H,51,66)(H,52,67)(H,53,63)(H,54,64)(H,55,65)(H,59,60)(H,68,69)/t29-,30-,31-,32-,33-,36-,37-,38-/m0/s1. The lowest BCUT2D eigenvalue weighted by atomic mass is 9.98. The van der Waals surface area contributed by atoms with E-state index in [1.165, 1.54) is 12.1 Å². The molecular formula is C46H75N9O14. The van der Waals surface area contributed by atoms with E-state index in [0.29, 0.717) is 5.56 Å². The summed E-state index contributed by atoms with van der Waals surface area (Å²) >= 11 is 0. The summed E-state index contributed by atoms with van der Waals surface area (Å²) in [5.41, 5.74) is 6.76. The third-order valence-corrected chi connectivity index (χ3v) is 10.7. The van der Waals surface area contributed by atoms with Crippen LogP contribution in [0.5, 0.6) is 5.75 Å². The van der Waals surface area contributed by atoms with Gasteiger partial charge in [-0.3, -0.25) is 43.2 Å². The second-order valence-electron chi connectivity index (χ2n) is 18.9. The van der Waals surface area contributed by atoms with Crippen molar-refractivity contribution in [3.05, 3.63) is 29.8 Å². The molecule has 0 aliphatic carbocycles. The van der Waals surface area contributed by atoms with Crippen LogP contribution in [-0.2, 0) is 54.4 Å². The van der Waals surface area contributed by atoms with Crippen molar-refractivity contribution in [3.8, 4) is 5.75 Å². The first-order valence-corrected chi connectivity index (χ1v) is 23.1. The van der Waals surface area contributed by atoms with Crippen LogP contribution in [0, 0.1) is 29.6 Å². The molecule has 0 saturated heterocycles. The summed E-state index contributed by atoms with van der Waals surface area (Å²) in [6.07, 6.45) is -0.684. The minimum absolute atomic E-state index is 0.0354. The molecule has 0 spiro atoms. The molecule has 0 aromatic heterocycles.